The number of aromatic hydroxyl groups is 1. The third-order valence-corrected chi connectivity index (χ3v) is 3.39. The van der Waals surface area contributed by atoms with Crippen LogP contribution in [0.3, 0.4) is 0 Å². The van der Waals surface area contributed by atoms with E-state index < -0.39 is 0 Å². The first-order valence-corrected chi connectivity index (χ1v) is 6.50. The van der Waals surface area contributed by atoms with Gasteiger partial charge in [-0.15, -0.1) is 0 Å². The summed E-state index contributed by atoms with van der Waals surface area (Å²) in [4.78, 5) is 13.7. The SMILES string of the molecule is O=C(COc1ccccc1O)N1CCC(CCO)C1. The van der Waals surface area contributed by atoms with Gasteiger partial charge in [-0.3, -0.25) is 4.79 Å². The number of amides is 1. The molecule has 1 fully saturated rings. The predicted octanol–water partition coefficient (Wildman–Crippen LogP) is 1.00. The zero-order valence-corrected chi connectivity index (χ0v) is 10.8. The van der Waals surface area contributed by atoms with Crippen LogP contribution in [0, 0.1) is 5.92 Å². The number of phenols is 1. The number of carbonyl (C=O) groups excluding carboxylic acids is 1. The third-order valence-electron chi connectivity index (χ3n) is 3.39. The molecule has 5 heteroatoms. The Balaban J connectivity index is 1.81. The van der Waals surface area contributed by atoms with Gasteiger partial charge in [0.25, 0.3) is 5.91 Å². The van der Waals surface area contributed by atoms with Crippen LogP contribution in [0.15, 0.2) is 24.3 Å². The average molecular weight is 265 g/mol. The molecule has 1 amide bonds. The molecule has 1 saturated heterocycles. The van der Waals surface area contributed by atoms with E-state index in [0.717, 1.165) is 12.8 Å². The number of para-hydroxylation sites is 2. The van der Waals surface area contributed by atoms with Gasteiger partial charge in [-0.25, -0.2) is 0 Å². The quantitative estimate of drug-likeness (QED) is 0.833. The maximum atomic E-state index is 11.9. The number of ether oxygens (including phenoxy) is 1. The molecule has 0 spiro atoms. The fourth-order valence-corrected chi connectivity index (χ4v) is 2.29. The summed E-state index contributed by atoms with van der Waals surface area (Å²) in [5.41, 5.74) is 0. The lowest BCUT2D eigenvalue weighted by atomic mass is 10.1. The molecular weight excluding hydrogens is 246 g/mol. The third kappa shape index (κ3) is 3.61. The monoisotopic (exact) mass is 265 g/mol. The van der Waals surface area contributed by atoms with Crippen LogP contribution in [-0.4, -0.2) is 47.3 Å². The molecule has 1 aromatic rings. The minimum Gasteiger partial charge on any atom is -0.504 e. The van der Waals surface area contributed by atoms with E-state index in [0.29, 0.717) is 24.8 Å². The van der Waals surface area contributed by atoms with Gasteiger partial charge >= 0.3 is 0 Å². The number of nitrogens with zero attached hydrogens (tertiary/aromatic N) is 1. The highest BCUT2D eigenvalue weighted by atomic mass is 16.5. The molecule has 1 unspecified atom stereocenters. The van der Waals surface area contributed by atoms with Gasteiger partial charge in [0.15, 0.2) is 18.1 Å². The zero-order chi connectivity index (χ0) is 13.7. The minimum atomic E-state index is -0.0799. The highest BCUT2D eigenvalue weighted by molar-refractivity contribution is 5.78. The molecule has 1 heterocycles. The zero-order valence-electron chi connectivity index (χ0n) is 10.8. The molecule has 1 aromatic carbocycles. The van der Waals surface area contributed by atoms with Crippen molar-refractivity contribution in [2.24, 2.45) is 5.92 Å². The van der Waals surface area contributed by atoms with Gasteiger partial charge in [0.05, 0.1) is 0 Å². The summed E-state index contributed by atoms with van der Waals surface area (Å²) in [6.45, 7) is 1.50. The fraction of sp³-hybridized carbons (Fsp3) is 0.500. The highest BCUT2D eigenvalue weighted by Gasteiger charge is 2.25. The van der Waals surface area contributed by atoms with Crippen molar-refractivity contribution in [2.45, 2.75) is 12.8 Å². The van der Waals surface area contributed by atoms with E-state index >= 15 is 0 Å². The van der Waals surface area contributed by atoms with Gasteiger partial charge in [0.2, 0.25) is 0 Å². The van der Waals surface area contributed by atoms with Gasteiger partial charge in [-0.2, -0.15) is 0 Å². The van der Waals surface area contributed by atoms with E-state index in [1.807, 2.05) is 0 Å². The normalized spacial score (nSPS) is 18.6. The van der Waals surface area contributed by atoms with Gasteiger partial charge < -0.3 is 19.8 Å². The Morgan fingerprint density at radius 2 is 2.21 bits per heavy atom. The molecule has 0 bridgehead atoms. The maximum absolute atomic E-state index is 11.9. The Bertz CT molecular complexity index is 435. The van der Waals surface area contributed by atoms with Crippen LogP contribution in [-0.2, 0) is 4.79 Å². The lowest BCUT2D eigenvalue weighted by Gasteiger charge is -2.17. The molecule has 5 nitrogen and oxygen atoms in total. The molecular formula is C14H19NO4. The number of phenolic OH excluding ortho intramolecular Hbond substituents is 1. The van der Waals surface area contributed by atoms with E-state index in [1.54, 1.807) is 23.1 Å². The summed E-state index contributed by atoms with van der Waals surface area (Å²) in [6.07, 6.45) is 1.67. The van der Waals surface area contributed by atoms with Crippen LogP contribution in [0.1, 0.15) is 12.8 Å². The summed E-state index contributed by atoms with van der Waals surface area (Å²) >= 11 is 0. The minimum absolute atomic E-state index is 0.0369. The van der Waals surface area contributed by atoms with Crippen molar-refractivity contribution >= 4 is 5.91 Å². The molecule has 1 aliphatic heterocycles. The molecule has 1 atom stereocenters. The molecule has 0 aromatic heterocycles. The Kier molecular flexibility index (Phi) is 4.63. The van der Waals surface area contributed by atoms with Gasteiger partial charge in [0.1, 0.15) is 0 Å². The van der Waals surface area contributed by atoms with Crippen LogP contribution in [0.2, 0.25) is 0 Å². The topological polar surface area (TPSA) is 70.0 Å². The lowest BCUT2D eigenvalue weighted by molar-refractivity contribution is -0.132. The number of hydrogen-bond donors (Lipinski definition) is 2. The van der Waals surface area contributed by atoms with Crippen molar-refractivity contribution < 1.29 is 19.7 Å². The molecule has 0 saturated carbocycles. The summed E-state index contributed by atoms with van der Waals surface area (Å²) in [5.74, 6) is 0.666. The first-order chi connectivity index (χ1) is 9.20. The summed E-state index contributed by atoms with van der Waals surface area (Å²) in [5, 5.41) is 18.4. The van der Waals surface area contributed by atoms with Crippen molar-refractivity contribution in [3.05, 3.63) is 24.3 Å². The number of aliphatic hydroxyl groups is 1. The van der Waals surface area contributed by atoms with Crippen molar-refractivity contribution in [1.82, 2.24) is 4.90 Å². The first kappa shape index (κ1) is 13.7. The number of aliphatic hydroxyl groups excluding tert-OH is 1. The van der Waals surface area contributed by atoms with E-state index in [2.05, 4.69) is 0 Å². The molecule has 19 heavy (non-hydrogen) atoms. The van der Waals surface area contributed by atoms with Gasteiger partial charge in [0, 0.05) is 19.7 Å². The average Bonchev–Trinajstić information content (AvgIpc) is 2.87. The van der Waals surface area contributed by atoms with Gasteiger partial charge in [-0.05, 0) is 30.9 Å². The summed E-state index contributed by atoms with van der Waals surface area (Å²) in [6, 6.07) is 6.59. The Labute approximate surface area is 112 Å². The van der Waals surface area contributed by atoms with E-state index in [4.69, 9.17) is 9.84 Å². The molecule has 1 aliphatic rings. The molecule has 2 rings (SSSR count). The Hall–Kier alpha value is -1.75. The van der Waals surface area contributed by atoms with Crippen molar-refractivity contribution in [2.75, 3.05) is 26.3 Å². The standard InChI is InChI=1S/C14H19NO4/c16-8-6-11-5-7-15(9-11)14(18)10-19-13-4-2-1-3-12(13)17/h1-4,11,16-17H,5-10H2. The first-order valence-electron chi connectivity index (χ1n) is 6.50. The van der Waals surface area contributed by atoms with Gasteiger partial charge in [-0.1, -0.05) is 12.1 Å². The van der Waals surface area contributed by atoms with E-state index in [-0.39, 0.29) is 24.9 Å². The molecule has 0 radical (unpaired) electrons. The van der Waals surface area contributed by atoms with E-state index in [1.165, 1.54) is 6.07 Å². The second-order valence-electron chi connectivity index (χ2n) is 4.76. The van der Waals surface area contributed by atoms with Crippen molar-refractivity contribution in [1.29, 1.82) is 0 Å². The molecule has 104 valence electrons. The second-order valence-corrected chi connectivity index (χ2v) is 4.76. The van der Waals surface area contributed by atoms with Crippen LogP contribution < -0.4 is 4.74 Å². The van der Waals surface area contributed by atoms with Crippen LogP contribution in [0.5, 0.6) is 11.5 Å². The largest absolute Gasteiger partial charge is 0.504 e. The number of hydrogen-bond acceptors (Lipinski definition) is 4. The number of likely N-dealkylation sites (tertiary alicyclic amines) is 1. The van der Waals surface area contributed by atoms with Crippen molar-refractivity contribution in [3.63, 3.8) is 0 Å². The maximum Gasteiger partial charge on any atom is 0.260 e. The Morgan fingerprint density at radius 1 is 1.42 bits per heavy atom. The Morgan fingerprint density at radius 3 is 2.95 bits per heavy atom. The van der Waals surface area contributed by atoms with Crippen LogP contribution in [0.25, 0.3) is 0 Å². The summed E-state index contributed by atoms with van der Waals surface area (Å²) < 4.78 is 5.32. The molecule has 2 N–H and O–H groups in total. The summed E-state index contributed by atoms with van der Waals surface area (Å²) in [7, 11) is 0. The number of benzene rings is 1. The number of carbonyl (C=O) groups is 1. The fourth-order valence-electron chi connectivity index (χ4n) is 2.29. The van der Waals surface area contributed by atoms with Crippen LogP contribution in [0.4, 0.5) is 0 Å². The second kappa shape index (κ2) is 6.43. The van der Waals surface area contributed by atoms with E-state index in [9.17, 15) is 9.90 Å². The lowest BCUT2D eigenvalue weighted by Crippen LogP contribution is -2.33. The van der Waals surface area contributed by atoms with Crippen LogP contribution >= 0.6 is 0 Å². The smallest absolute Gasteiger partial charge is 0.260 e. The van der Waals surface area contributed by atoms with Crippen molar-refractivity contribution in [3.8, 4) is 11.5 Å². The molecule has 0 aliphatic carbocycles. The predicted molar refractivity (Wildman–Crippen MR) is 70.0 cm³/mol. The number of rotatable bonds is 5. The highest BCUT2D eigenvalue weighted by Crippen LogP contribution is 2.25.